The van der Waals surface area contributed by atoms with E-state index < -0.39 is 10.0 Å². The highest BCUT2D eigenvalue weighted by molar-refractivity contribution is 7.92. The van der Waals surface area contributed by atoms with E-state index in [1.54, 1.807) is 24.3 Å². The van der Waals surface area contributed by atoms with E-state index in [1.165, 1.54) is 16.1 Å². The number of hydrazone groups is 1. The number of anilines is 1. The van der Waals surface area contributed by atoms with Crippen molar-refractivity contribution >= 4 is 27.3 Å². The Hall–Kier alpha value is -3.45. The summed E-state index contributed by atoms with van der Waals surface area (Å²) in [5, 5.41) is 4.27. The summed E-state index contributed by atoms with van der Waals surface area (Å²) in [5.41, 5.74) is 6.27. The molecule has 3 aromatic rings. The molecule has 0 aliphatic rings. The molecule has 0 unspecified atom stereocenters. The Labute approximate surface area is 202 Å². The van der Waals surface area contributed by atoms with Crippen molar-refractivity contribution in [3.05, 3.63) is 102 Å². The van der Waals surface area contributed by atoms with Crippen molar-refractivity contribution in [2.75, 3.05) is 10.6 Å². The number of nitrogens with zero attached hydrogens (tertiary/aromatic N) is 2. The van der Waals surface area contributed by atoms with Gasteiger partial charge in [-0.15, -0.1) is 0 Å². The molecule has 3 aromatic carbocycles. The third-order valence-electron chi connectivity index (χ3n) is 5.59. The minimum absolute atomic E-state index is 0.116. The second-order valence-corrected chi connectivity index (χ2v) is 10.9. The molecular formula is C27H31N3O3S. The van der Waals surface area contributed by atoms with E-state index in [9.17, 15) is 13.2 Å². The van der Waals surface area contributed by atoms with Crippen LogP contribution >= 0.6 is 0 Å². The Kier molecular flexibility index (Phi) is 7.89. The summed E-state index contributed by atoms with van der Waals surface area (Å²) >= 11 is 0. The van der Waals surface area contributed by atoms with E-state index in [1.807, 2.05) is 55.5 Å². The molecule has 7 heteroatoms. The lowest BCUT2D eigenvalue weighted by atomic mass is 9.80. The molecule has 0 fully saturated rings. The summed E-state index contributed by atoms with van der Waals surface area (Å²) < 4.78 is 26.1. The summed E-state index contributed by atoms with van der Waals surface area (Å²) in [6.07, 6.45) is 1.87. The molecule has 0 aliphatic carbocycles. The number of carbonyl (C=O) groups is 1. The van der Waals surface area contributed by atoms with Crippen molar-refractivity contribution in [1.29, 1.82) is 0 Å². The number of amides is 1. The molecule has 6 nitrogen and oxygen atoms in total. The Morgan fingerprint density at radius 2 is 1.47 bits per heavy atom. The molecule has 0 bridgehead atoms. The lowest BCUT2D eigenvalue weighted by Gasteiger charge is -2.25. The van der Waals surface area contributed by atoms with E-state index >= 15 is 0 Å². The second-order valence-electron chi connectivity index (χ2n) is 9.02. The van der Waals surface area contributed by atoms with Gasteiger partial charge in [-0.05, 0) is 54.2 Å². The average Bonchev–Trinajstić information content (AvgIpc) is 2.81. The Balaban J connectivity index is 1.68. The smallest absolute Gasteiger partial charge is 0.267 e. The van der Waals surface area contributed by atoms with Crippen LogP contribution in [0.2, 0.25) is 0 Å². The minimum atomic E-state index is -3.50. The lowest BCUT2D eigenvalue weighted by molar-refractivity contribution is 0.0954. The van der Waals surface area contributed by atoms with Crippen LogP contribution in [-0.4, -0.2) is 26.3 Å². The van der Waals surface area contributed by atoms with Crippen LogP contribution in [-0.2, 0) is 22.0 Å². The summed E-state index contributed by atoms with van der Waals surface area (Å²) in [4.78, 5) is 12.6. The number of nitrogens with one attached hydrogen (secondary N) is 1. The van der Waals surface area contributed by atoms with Gasteiger partial charge in [-0.2, -0.15) is 5.10 Å². The van der Waals surface area contributed by atoms with E-state index in [0.29, 0.717) is 17.7 Å². The Bertz CT molecular complexity index is 1240. The van der Waals surface area contributed by atoms with Crippen molar-refractivity contribution in [3.8, 4) is 0 Å². The molecule has 0 spiro atoms. The molecule has 0 saturated heterocycles. The van der Waals surface area contributed by atoms with Crippen LogP contribution in [0, 0.1) is 0 Å². The molecule has 0 heterocycles. The number of sulfonamides is 1. The SMILES string of the molecule is C/C(CC(C)(C)c1ccccc1)=N/NC(=O)c1ccc(N(Cc2ccccc2)S(C)(=O)=O)cc1. The summed E-state index contributed by atoms with van der Waals surface area (Å²) in [7, 11) is -3.50. The fraction of sp³-hybridized carbons (Fsp3) is 0.259. The van der Waals surface area contributed by atoms with Gasteiger partial charge in [-0.25, -0.2) is 13.8 Å². The van der Waals surface area contributed by atoms with E-state index in [-0.39, 0.29) is 17.9 Å². The highest BCUT2D eigenvalue weighted by atomic mass is 32.2. The molecule has 1 N–H and O–H groups in total. The van der Waals surface area contributed by atoms with Gasteiger partial charge in [0.25, 0.3) is 5.91 Å². The van der Waals surface area contributed by atoms with Crippen LogP contribution in [0.15, 0.2) is 90.0 Å². The summed E-state index contributed by atoms with van der Waals surface area (Å²) in [6.45, 7) is 6.39. The number of carbonyl (C=O) groups excluding carboxylic acids is 1. The Morgan fingerprint density at radius 3 is 2.03 bits per heavy atom. The third-order valence-corrected chi connectivity index (χ3v) is 6.73. The monoisotopic (exact) mass is 477 g/mol. The highest BCUT2D eigenvalue weighted by Gasteiger charge is 2.22. The van der Waals surface area contributed by atoms with Gasteiger partial charge in [0.15, 0.2) is 0 Å². The molecule has 178 valence electrons. The highest BCUT2D eigenvalue weighted by Crippen LogP contribution is 2.27. The zero-order valence-corrected chi connectivity index (χ0v) is 20.8. The molecular weight excluding hydrogens is 446 g/mol. The van der Waals surface area contributed by atoms with Crippen molar-refractivity contribution < 1.29 is 13.2 Å². The fourth-order valence-electron chi connectivity index (χ4n) is 3.81. The Morgan fingerprint density at radius 1 is 0.912 bits per heavy atom. The van der Waals surface area contributed by atoms with Crippen molar-refractivity contribution in [2.24, 2.45) is 5.10 Å². The van der Waals surface area contributed by atoms with Gasteiger partial charge in [0.2, 0.25) is 10.0 Å². The van der Waals surface area contributed by atoms with E-state index in [2.05, 4.69) is 36.5 Å². The van der Waals surface area contributed by atoms with Gasteiger partial charge >= 0.3 is 0 Å². The molecule has 1 amide bonds. The maximum atomic E-state index is 12.6. The second kappa shape index (κ2) is 10.7. The maximum absolute atomic E-state index is 12.6. The first-order valence-electron chi connectivity index (χ1n) is 11.1. The standard InChI is InChI=1S/C27H31N3O3S/c1-21(19-27(2,3)24-13-9-6-10-14-24)28-29-26(31)23-15-17-25(18-16-23)30(34(4,32)33)20-22-11-7-5-8-12-22/h5-18H,19-20H2,1-4H3,(H,29,31)/b28-21-. The molecule has 34 heavy (non-hydrogen) atoms. The number of rotatable bonds is 9. The van der Waals surface area contributed by atoms with Crippen LogP contribution in [0.1, 0.15) is 48.7 Å². The zero-order chi connectivity index (χ0) is 24.8. The first-order chi connectivity index (χ1) is 16.1. The largest absolute Gasteiger partial charge is 0.271 e. The minimum Gasteiger partial charge on any atom is -0.267 e. The normalized spacial score (nSPS) is 12.3. The van der Waals surface area contributed by atoms with Crippen LogP contribution in [0.25, 0.3) is 0 Å². The summed E-state index contributed by atoms with van der Waals surface area (Å²) in [6, 6.07) is 26.0. The molecule has 3 rings (SSSR count). The van der Waals surface area contributed by atoms with Crippen LogP contribution in [0.4, 0.5) is 5.69 Å². The van der Waals surface area contributed by atoms with Crippen molar-refractivity contribution in [3.63, 3.8) is 0 Å². The van der Waals surface area contributed by atoms with Crippen molar-refractivity contribution in [2.45, 2.75) is 39.2 Å². The zero-order valence-electron chi connectivity index (χ0n) is 20.0. The summed E-state index contributed by atoms with van der Waals surface area (Å²) in [5.74, 6) is -0.350. The van der Waals surface area contributed by atoms with Crippen LogP contribution < -0.4 is 9.73 Å². The van der Waals surface area contributed by atoms with Gasteiger partial charge in [-0.1, -0.05) is 74.5 Å². The quantitative estimate of drug-likeness (QED) is 0.343. The van der Waals surface area contributed by atoms with Gasteiger partial charge in [0.05, 0.1) is 18.5 Å². The first-order valence-corrected chi connectivity index (χ1v) is 12.9. The number of benzene rings is 3. The van der Waals surface area contributed by atoms with E-state index in [0.717, 1.165) is 11.3 Å². The van der Waals surface area contributed by atoms with Gasteiger partial charge in [0, 0.05) is 11.3 Å². The molecule has 0 aliphatic heterocycles. The number of hydrogen-bond donors (Lipinski definition) is 1. The van der Waals surface area contributed by atoms with Crippen LogP contribution in [0.5, 0.6) is 0 Å². The average molecular weight is 478 g/mol. The maximum Gasteiger partial charge on any atom is 0.271 e. The third kappa shape index (κ3) is 6.78. The van der Waals surface area contributed by atoms with Gasteiger partial charge < -0.3 is 0 Å². The van der Waals surface area contributed by atoms with Gasteiger partial charge in [-0.3, -0.25) is 9.10 Å². The topological polar surface area (TPSA) is 78.8 Å². The predicted octanol–water partition coefficient (Wildman–Crippen LogP) is 5.13. The number of hydrogen-bond acceptors (Lipinski definition) is 4. The molecule has 0 atom stereocenters. The molecule has 0 aromatic heterocycles. The fourth-order valence-corrected chi connectivity index (χ4v) is 4.70. The molecule has 0 saturated carbocycles. The van der Waals surface area contributed by atoms with Gasteiger partial charge in [0.1, 0.15) is 0 Å². The van der Waals surface area contributed by atoms with Crippen molar-refractivity contribution in [1.82, 2.24) is 5.43 Å². The first kappa shape index (κ1) is 25.2. The predicted molar refractivity (Wildman–Crippen MR) is 139 cm³/mol. The lowest BCUT2D eigenvalue weighted by Crippen LogP contribution is -2.29. The van der Waals surface area contributed by atoms with E-state index in [4.69, 9.17) is 0 Å². The molecule has 0 radical (unpaired) electrons. The van der Waals surface area contributed by atoms with Crippen LogP contribution in [0.3, 0.4) is 0 Å².